The molecule has 0 saturated carbocycles. The number of methoxy groups -OCH3 is 2. The molecule has 7 nitrogen and oxygen atoms in total. The van der Waals surface area contributed by atoms with Crippen molar-refractivity contribution in [2.75, 3.05) is 14.2 Å². The largest absolute Gasteiger partial charge is 0.496 e. The maximum atomic E-state index is 6.58. The molecule has 0 radical (unpaired) electrons. The van der Waals surface area contributed by atoms with E-state index in [4.69, 9.17) is 24.3 Å². The lowest BCUT2D eigenvalue weighted by molar-refractivity contribution is 0.395. The second kappa shape index (κ2) is 11.9. The van der Waals surface area contributed by atoms with Crippen LogP contribution in [0.5, 0.6) is 23.0 Å². The zero-order valence-electron chi connectivity index (χ0n) is 28.8. The summed E-state index contributed by atoms with van der Waals surface area (Å²) < 4.78 is 22.6. The van der Waals surface area contributed by atoms with E-state index in [1.54, 1.807) is 14.2 Å². The molecule has 242 valence electrons. The van der Waals surface area contributed by atoms with Gasteiger partial charge in [0, 0.05) is 40.1 Å². The Bertz CT molecular complexity index is 2320. The first kappa shape index (κ1) is 31.1. The third kappa shape index (κ3) is 5.25. The van der Waals surface area contributed by atoms with Crippen LogP contribution in [0.4, 0.5) is 0 Å². The fourth-order valence-corrected chi connectivity index (χ4v) is 6.76. The van der Waals surface area contributed by atoms with Gasteiger partial charge in [-0.3, -0.25) is 4.57 Å². The number of aryl methyl sites for hydroxylation is 3. The van der Waals surface area contributed by atoms with Gasteiger partial charge in [-0.25, -0.2) is 9.67 Å². The number of fused-ring (bicyclic) bond motifs is 3. The molecule has 0 amide bonds. The summed E-state index contributed by atoms with van der Waals surface area (Å²) in [6.07, 6.45) is 1.86. The standard InChI is InChI=1S/C41H40N4O3/c1-25-20-21-42-36(22-25)44-33-15-10-9-14-31(33)32-18-17-30(24-34(32)44)48-29-13-11-12-28(23-29)45-40(41(4,5)6)37(27(3)43-45)38-35(46-7)19-16-26(2)39(38)47-8/h9-24H,1-8H3. The monoisotopic (exact) mass is 636 g/mol. The van der Waals surface area contributed by atoms with Crippen LogP contribution in [-0.2, 0) is 5.41 Å². The molecule has 0 bridgehead atoms. The van der Waals surface area contributed by atoms with Crippen molar-refractivity contribution in [3.8, 4) is 45.6 Å². The summed E-state index contributed by atoms with van der Waals surface area (Å²) in [6.45, 7) is 12.8. The van der Waals surface area contributed by atoms with Crippen molar-refractivity contribution >= 4 is 21.8 Å². The molecule has 0 aliphatic rings. The molecule has 0 N–H and O–H groups in total. The number of hydrogen-bond donors (Lipinski definition) is 0. The van der Waals surface area contributed by atoms with Crippen LogP contribution in [0.3, 0.4) is 0 Å². The number of nitrogens with zero attached hydrogens (tertiary/aromatic N) is 4. The van der Waals surface area contributed by atoms with E-state index >= 15 is 0 Å². The van der Waals surface area contributed by atoms with Crippen LogP contribution in [0, 0.1) is 20.8 Å². The molecule has 0 atom stereocenters. The summed E-state index contributed by atoms with van der Waals surface area (Å²) in [4.78, 5) is 4.72. The Hall–Kier alpha value is -5.56. The van der Waals surface area contributed by atoms with Gasteiger partial charge < -0.3 is 14.2 Å². The van der Waals surface area contributed by atoms with Gasteiger partial charge in [0.15, 0.2) is 0 Å². The Kier molecular flexibility index (Phi) is 7.71. The molecule has 0 spiro atoms. The third-order valence-electron chi connectivity index (χ3n) is 8.83. The van der Waals surface area contributed by atoms with Gasteiger partial charge in [-0.15, -0.1) is 0 Å². The van der Waals surface area contributed by atoms with Gasteiger partial charge in [0.25, 0.3) is 0 Å². The highest BCUT2D eigenvalue weighted by Gasteiger charge is 2.31. The fraction of sp³-hybridized carbons (Fsp3) is 0.220. The average molecular weight is 637 g/mol. The summed E-state index contributed by atoms with van der Waals surface area (Å²) in [5, 5.41) is 7.43. The van der Waals surface area contributed by atoms with E-state index in [9.17, 15) is 0 Å². The SMILES string of the molecule is COc1ccc(C)c(OC)c1-c1c(C)nn(-c2cccc(Oc3ccc4c5ccccc5n(-c5cc(C)ccn5)c4c3)c2)c1C(C)(C)C. The van der Waals surface area contributed by atoms with E-state index in [-0.39, 0.29) is 5.41 Å². The van der Waals surface area contributed by atoms with Crippen molar-refractivity contribution in [2.45, 2.75) is 47.0 Å². The molecule has 7 heteroatoms. The topological polar surface area (TPSA) is 63.3 Å². The zero-order valence-corrected chi connectivity index (χ0v) is 28.8. The number of benzene rings is 4. The summed E-state index contributed by atoms with van der Waals surface area (Å²) >= 11 is 0. The summed E-state index contributed by atoms with van der Waals surface area (Å²) in [7, 11) is 3.40. The van der Waals surface area contributed by atoms with Crippen molar-refractivity contribution in [2.24, 2.45) is 0 Å². The summed E-state index contributed by atoms with van der Waals surface area (Å²) in [5.74, 6) is 3.86. The lowest BCUT2D eigenvalue weighted by atomic mass is 9.85. The molecule has 0 fully saturated rings. The van der Waals surface area contributed by atoms with Gasteiger partial charge in [-0.2, -0.15) is 5.10 Å². The third-order valence-corrected chi connectivity index (χ3v) is 8.83. The number of pyridine rings is 1. The van der Waals surface area contributed by atoms with Gasteiger partial charge >= 0.3 is 0 Å². The molecule has 0 unspecified atom stereocenters. The van der Waals surface area contributed by atoms with Gasteiger partial charge in [0.05, 0.1) is 47.9 Å². The van der Waals surface area contributed by atoms with Crippen LogP contribution in [0.15, 0.2) is 97.2 Å². The Morgan fingerprint density at radius 2 is 1.46 bits per heavy atom. The maximum Gasteiger partial charge on any atom is 0.137 e. The highest BCUT2D eigenvalue weighted by molar-refractivity contribution is 6.09. The quantitative estimate of drug-likeness (QED) is 0.174. The highest BCUT2D eigenvalue weighted by atomic mass is 16.5. The summed E-state index contributed by atoms with van der Waals surface area (Å²) in [6, 6.07) is 30.9. The Morgan fingerprint density at radius 1 is 0.688 bits per heavy atom. The molecular weight excluding hydrogens is 596 g/mol. The smallest absolute Gasteiger partial charge is 0.137 e. The number of rotatable bonds is 7. The van der Waals surface area contributed by atoms with Crippen molar-refractivity contribution in [1.82, 2.24) is 19.3 Å². The molecule has 48 heavy (non-hydrogen) atoms. The normalized spacial score (nSPS) is 11.8. The minimum Gasteiger partial charge on any atom is -0.496 e. The number of ether oxygens (including phenoxy) is 3. The minimum absolute atomic E-state index is 0.268. The van der Waals surface area contributed by atoms with E-state index in [2.05, 4.69) is 80.8 Å². The van der Waals surface area contributed by atoms with Crippen LogP contribution >= 0.6 is 0 Å². The van der Waals surface area contributed by atoms with Crippen LogP contribution in [0.1, 0.15) is 43.3 Å². The molecule has 0 aliphatic carbocycles. The fourth-order valence-electron chi connectivity index (χ4n) is 6.76. The predicted molar refractivity (Wildman–Crippen MR) is 194 cm³/mol. The Labute approximate surface area is 281 Å². The van der Waals surface area contributed by atoms with Gasteiger partial charge in [0.2, 0.25) is 0 Å². The predicted octanol–water partition coefficient (Wildman–Crippen LogP) is 10.1. The molecule has 3 heterocycles. The first-order valence-corrected chi connectivity index (χ1v) is 16.2. The molecule has 7 rings (SSSR count). The number of para-hydroxylation sites is 1. The van der Waals surface area contributed by atoms with Gasteiger partial charge in [0.1, 0.15) is 28.8 Å². The van der Waals surface area contributed by atoms with Crippen molar-refractivity contribution in [3.05, 3.63) is 120 Å². The lowest BCUT2D eigenvalue weighted by Gasteiger charge is -2.25. The Morgan fingerprint density at radius 3 is 2.21 bits per heavy atom. The van der Waals surface area contributed by atoms with Crippen LogP contribution in [-0.4, -0.2) is 33.6 Å². The molecule has 3 aromatic heterocycles. The van der Waals surface area contributed by atoms with Crippen LogP contribution < -0.4 is 14.2 Å². The molecule has 0 aliphatic heterocycles. The first-order chi connectivity index (χ1) is 23.1. The highest BCUT2D eigenvalue weighted by Crippen LogP contribution is 2.47. The van der Waals surface area contributed by atoms with Gasteiger partial charge in [-0.05, 0) is 80.4 Å². The second-order valence-corrected chi connectivity index (χ2v) is 13.3. The minimum atomic E-state index is -0.268. The Balaban J connectivity index is 1.34. The van der Waals surface area contributed by atoms with Crippen molar-refractivity contribution in [3.63, 3.8) is 0 Å². The van der Waals surface area contributed by atoms with Crippen LogP contribution in [0.2, 0.25) is 0 Å². The van der Waals surface area contributed by atoms with E-state index < -0.39 is 0 Å². The number of hydrogen-bond acceptors (Lipinski definition) is 5. The van der Waals surface area contributed by atoms with E-state index in [1.165, 1.54) is 5.39 Å². The molecule has 4 aromatic carbocycles. The summed E-state index contributed by atoms with van der Waals surface area (Å²) in [5.41, 5.74) is 8.81. The first-order valence-electron chi connectivity index (χ1n) is 16.2. The molecular formula is C41H40N4O3. The van der Waals surface area contributed by atoms with E-state index in [0.29, 0.717) is 5.75 Å². The average Bonchev–Trinajstić information content (AvgIpc) is 3.59. The van der Waals surface area contributed by atoms with E-state index in [0.717, 1.165) is 78.8 Å². The van der Waals surface area contributed by atoms with Gasteiger partial charge in [-0.1, -0.05) is 51.1 Å². The second-order valence-electron chi connectivity index (χ2n) is 13.3. The van der Waals surface area contributed by atoms with Crippen molar-refractivity contribution in [1.29, 1.82) is 0 Å². The number of aromatic nitrogens is 4. The molecule has 0 saturated heterocycles. The van der Waals surface area contributed by atoms with Crippen molar-refractivity contribution < 1.29 is 14.2 Å². The van der Waals surface area contributed by atoms with Crippen LogP contribution in [0.25, 0.3) is 44.4 Å². The lowest BCUT2D eigenvalue weighted by Crippen LogP contribution is -2.19. The molecule has 7 aromatic rings. The zero-order chi connectivity index (χ0) is 33.7. The van der Waals surface area contributed by atoms with E-state index in [1.807, 2.05) is 67.2 Å². The maximum absolute atomic E-state index is 6.58.